The van der Waals surface area contributed by atoms with E-state index in [0.717, 1.165) is 11.4 Å². The molecule has 4 rings (SSSR count). The highest BCUT2D eigenvalue weighted by Gasteiger charge is 2.34. The van der Waals surface area contributed by atoms with E-state index in [9.17, 15) is 19.7 Å². The van der Waals surface area contributed by atoms with Crippen LogP contribution >= 0.6 is 12.2 Å². The zero-order chi connectivity index (χ0) is 25.3. The average Bonchev–Trinajstić information content (AvgIpc) is 3.10. The highest BCUT2D eigenvalue weighted by atomic mass is 32.1. The van der Waals surface area contributed by atoms with Crippen molar-refractivity contribution in [2.75, 3.05) is 11.5 Å². The summed E-state index contributed by atoms with van der Waals surface area (Å²) >= 11 is 5.27. The van der Waals surface area contributed by atoms with Gasteiger partial charge in [0.1, 0.15) is 11.3 Å². The molecule has 0 spiro atoms. The summed E-state index contributed by atoms with van der Waals surface area (Å²) in [4.78, 5) is 38.1. The first kappa shape index (κ1) is 23.8. The second-order valence-corrected chi connectivity index (χ2v) is 8.21. The van der Waals surface area contributed by atoms with Gasteiger partial charge in [0, 0.05) is 23.5 Å². The van der Waals surface area contributed by atoms with E-state index in [0.29, 0.717) is 29.3 Å². The molecule has 1 fully saturated rings. The van der Waals surface area contributed by atoms with Gasteiger partial charge >= 0.3 is 0 Å². The minimum Gasteiger partial charge on any atom is -0.494 e. The molecule has 10 heteroatoms. The van der Waals surface area contributed by atoms with Crippen molar-refractivity contribution in [1.29, 1.82) is 0 Å². The molecule has 1 saturated heterocycles. The molecule has 3 aromatic rings. The Bertz CT molecular complexity index is 1390. The fourth-order valence-corrected chi connectivity index (χ4v) is 4.26. The molecule has 0 atom stereocenters. The van der Waals surface area contributed by atoms with Gasteiger partial charge in [0.05, 0.1) is 22.9 Å². The predicted octanol–water partition coefficient (Wildman–Crippen LogP) is 4.23. The van der Waals surface area contributed by atoms with Crippen LogP contribution in [0.1, 0.15) is 23.9 Å². The van der Waals surface area contributed by atoms with Crippen LogP contribution in [0, 0.1) is 24.0 Å². The van der Waals surface area contributed by atoms with Crippen molar-refractivity contribution in [3.8, 4) is 11.4 Å². The molecule has 35 heavy (non-hydrogen) atoms. The van der Waals surface area contributed by atoms with Crippen LogP contribution in [0.2, 0.25) is 0 Å². The van der Waals surface area contributed by atoms with Gasteiger partial charge in [0.2, 0.25) is 0 Å². The van der Waals surface area contributed by atoms with Crippen LogP contribution < -0.4 is 15.0 Å². The lowest BCUT2D eigenvalue weighted by molar-refractivity contribution is -0.384. The zero-order valence-corrected chi connectivity index (χ0v) is 20.1. The number of rotatable bonds is 6. The van der Waals surface area contributed by atoms with Gasteiger partial charge in [-0.05, 0) is 81.0 Å². The Balaban J connectivity index is 1.72. The maximum atomic E-state index is 13.4. The number of aromatic nitrogens is 1. The van der Waals surface area contributed by atoms with E-state index < -0.39 is 16.7 Å². The van der Waals surface area contributed by atoms with Crippen molar-refractivity contribution in [3.63, 3.8) is 0 Å². The van der Waals surface area contributed by atoms with E-state index in [1.807, 2.05) is 31.4 Å². The van der Waals surface area contributed by atoms with Gasteiger partial charge in [-0.3, -0.25) is 29.9 Å². The number of hydrogen-bond acceptors (Lipinski definition) is 6. The maximum absolute atomic E-state index is 13.4. The Labute approximate surface area is 206 Å². The Kier molecular flexibility index (Phi) is 6.48. The molecular formula is C25H22N4O5S. The number of carbonyl (C=O) groups is 2. The second-order valence-electron chi connectivity index (χ2n) is 7.82. The number of nitrogens with one attached hydrogen (secondary N) is 1. The lowest BCUT2D eigenvalue weighted by atomic mass is 10.1. The van der Waals surface area contributed by atoms with Crippen LogP contribution in [0.15, 0.2) is 60.2 Å². The predicted molar refractivity (Wildman–Crippen MR) is 136 cm³/mol. The van der Waals surface area contributed by atoms with Gasteiger partial charge < -0.3 is 9.30 Å². The summed E-state index contributed by atoms with van der Waals surface area (Å²) < 4.78 is 7.28. The monoisotopic (exact) mass is 490 g/mol. The highest BCUT2D eigenvalue weighted by molar-refractivity contribution is 7.80. The molecule has 1 aliphatic rings. The lowest BCUT2D eigenvalue weighted by Crippen LogP contribution is -2.54. The van der Waals surface area contributed by atoms with E-state index in [-0.39, 0.29) is 16.4 Å². The number of thiocarbonyl (C=S) groups is 1. The van der Waals surface area contributed by atoms with Crippen molar-refractivity contribution in [3.05, 3.63) is 87.2 Å². The molecule has 178 valence electrons. The zero-order valence-electron chi connectivity index (χ0n) is 19.3. The molecule has 0 radical (unpaired) electrons. The van der Waals surface area contributed by atoms with Crippen LogP contribution in [0.3, 0.4) is 0 Å². The van der Waals surface area contributed by atoms with Crippen LogP contribution in [0.5, 0.6) is 5.75 Å². The molecule has 0 bridgehead atoms. The number of amides is 2. The first-order valence-electron chi connectivity index (χ1n) is 10.8. The van der Waals surface area contributed by atoms with E-state index in [4.69, 9.17) is 17.0 Å². The average molecular weight is 491 g/mol. The van der Waals surface area contributed by atoms with Crippen LogP contribution in [-0.2, 0) is 9.59 Å². The summed E-state index contributed by atoms with van der Waals surface area (Å²) in [7, 11) is 0. The Morgan fingerprint density at radius 3 is 2.46 bits per heavy atom. The van der Waals surface area contributed by atoms with E-state index >= 15 is 0 Å². The van der Waals surface area contributed by atoms with Gasteiger partial charge in [0.15, 0.2) is 5.11 Å². The maximum Gasteiger partial charge on any atom is 0.271 e. The molecular weight excluding hydrogens is 468 g/mol. The Morgan fingerprint density at radius 2 is 1.80 bits per heavy atom. The van der Waals surface area contributed by atoms with Gasteiger partial charge in [-0.1, -0.05) is 6.07 Å². The first-order chi connectivity index (χ1) is 16.7. The van der Waals surface area contributed by atoms with E-state index in [1.54, 1.807) is 36.4 Å². The van der Waals surface area contributed by atoms with Crippen molar-refractivity contribution in [2.45, 2.75) is 20.8 Å². The van der Waals surface area contributed by atoms with Gasteiger partial charge in [-0.2, -0.15) is 0 Å². The largest absolute Gasteiger partial charge is 0.494 e. The van der Waals surface area contributed by atoms with Crippen LogP contribution in [0.25, 0.3) is 11.8 Å². The topological polar surface area (TPSA) is 107 Å². The van der Waals surface area contributed by atoms with Gasteiger partial charge in [-0.15, -0.1) is 0 Å². The van der Waals surface area contributed by atoms with Crippen molar-refractivity contribution < 1.29 is 19.2 Å². The minimum atomic E-state index is -0.595. The molecule has 2 aromatic carbocycles. The molecule has 2 amide bonds. The summed E-state index contributed by atoms with van der Waals surface area (Å²) in [6.07, 6.45) is 1.51. The summed E-state index contributed by atoms with van der Waals surface area (Å²) in [6.45, 7) is 6.05. The third-order valence-corrected chi connectivity index (χ3v) is 5.86. The molecule has 0 unspecified atom stereocenters. The normalized spacial score (nSPS) is 14.9. The second kappa shape index (κ2) is 9.51. The highest BCUT2D eigenvalue weighted by Crippen LogP contribution is 2.28. The molecule has 0 saturated carbocycles. The van der Waals surface area contributed by atoms with E-state index in [1.165, 1.54) is 23.1 Å². The number of hydrogen-bond donors (Lipinski definition) is 1. The minimum absolute atomic E-state index is 0.0108. The molecule has 1 aliphatic heterocycles. The molecule has 2 heterocycles. The number of nitro benzene ring substituents is 1. The van der Waals surface area contributed by atoms with E-state index in [2.05, 4.69) is 5.32 Å². The summed E-state index contributed by atoms with van der Waals surface area (Å²) in [5.41, 5.74) is 3.14. The fraction of sp³-hybridized carbons (Fsp3) is 0.160. The van der Waals surface area contributed by atoms with Crippen molar-refractivity contribution >= 4 is 46.6 Å². The van der Waals surface area contributed by atoms with Crippen molar-refractivity contribution in [1.82, 2.24) is 9.88 Å². The molecule has 0 aliphatic carbocycles. The lowest BCUT2D eigenvalue weighted by Gasteiger charge is -2.29. The quantitative estimate of drug-likeness (QED) is 0.182. The number of aryl methyl sites for hydroxylation is 1. The van der Waals surface area contributed by atoms with Gasteiger partial charge in [-0.25, -0.2) is 0 Å². The molecule has 1 aromatic heterocycles. The number of anilines is 1. The Morgan fingerprint density at radius 1 is 1.09 bits per heavy atom. The third-order valence-electron chi connectivity index (χ3n) is 5.58. The smallest absolute Gasteiger partial charge is 0.271 e. The number of carbonyl (C=O) groups excluding carboxylic acids is 2. The number of ether oxygens (including phenoxy) is 1. The van der Waals surface area contributed by atoms with Crippen LogP contribution in [0.4, 0.5) is 11.4 Å². The van der Waals surface area contributed by atoms with Crippen molar-refractivity contribution in [2.24, 2.45) is 0 Å². The SMILES string of the molecule is CCOc1ccc(N2C(=O)/C(=C/c3cc(C)n(-c4cccc([N+](=O)[O-])c4)c3C)C(=O)NC2=S)cc1. The first-order valence-corrected chi connectivity index (χ1v) is 11.2. The summed E-state index contributed by atoms with van der Waals surface area (Å²) in [5, 5.41) is 13.8. The number of benzene rings is 2. The van der Waals surface area contributed by atoms with Gasteiger partial charge in [0.25, 0.3) is 17.5 Å². The standard InChI is InChI=1S/C25H22N4O5S/c1-4-34-21-10-8-18(9-11-21)28-24(31)22(23(30)26-25(28)35)13-17-12-15(2)27(16(17)3)19-6-5-7-20(14-19)29(32)33/h5-14H,4H2,1-3H3,(H,26,30,35)/b22-13+. The molecule has 9 nitrogen and oxygen atoms in total. The number of non-ortho nitro benzene ring substituents is 1. The summed E-state index contributed by atoms with van der Waals surface area (Å²) in [6, 6.07) is 14.9. The number of nitro groups is 1. The fourth-order valence-electron chi connectivity index (χ4n) is 3.98. The third kappa shape index (κ3) is 4.56. The summed E-state index contributed by atoms with van der Waals surface area (Å²) in [5.74, 6) is -0.495. The molecule has 1 N–H and O–H groups in total. The number of nitrogens with zero attached hydrogens (tertiary/aromatic N) is 3. The Hall–Kier alpha value is -4.31. The van der Waals surface area contributed by atoms with Crippen LogP contribution in [-0.4, -0.2) is 33.0 Å².